The summed E-state index contributed by atoms with van der Waals surface area (Å²) >= 11 is 1.57. The maximum atomic E-state index is 6.31. The van der Waals surface area contributed by atoms with Crippen molar-refractivity contribution < 1.29 is 0 Å². The van der Waals surface area contributed by atoms with Gasteiger partial charge in [0.1, 0.15) is 11.6 Å². The average Bonchev–Trinajstić information content (AvgIpc) is 3.20. The number of aryl methyl sites for hydroxylation is 1. The molecule has 7 nitrogen and oxygen atoms in total. The zero-order valence-electron chi connectivity index (χ0n) is 13.8. The molecular weight excluding hydrogens is 322 g/mol. The molecule has 0 radical (unpaired) electrons. The van der Waals surface area contributed by atoms with Gasteiger partial charge in [0.25, 0.3) is 0 Å². The Hall–Kier alpha value is -2.19. The molecule has 1 aromatic carbocycles. The molecule has 0 saturated carbocycles. The zero-order chi connectivity index (χ0) is 16.9. The van der Waals surface area contributed by atoms with Crippen LogP contribution in [0.3, 0.4) is 0 Å². The Labute approximate surface area is 145 Å². The molecule has 3 rings (SSSR count). The van der Waals surface area contributed by atoms with E-state index in [-0.39, 0.29) is 6.04 Å². The number of nitrogens with zero attached hydrogens (tertiary/aromatic N) is 5. The van der Waals surface area contributed by atoms with Crippen LogP contribution in [-0.4, -0.2) is 29.9 Å². The minimum absolute atomic E-state index is 0.184. The molecule has 0 aliphatic rings. The SMILES string of the molecule is CCc1n[nH]c(CSc2nnc([C@H](N)Cc3ccccc3)n2C)n1. The van der Waals surface area contributed by atoms with Gasteiger partial charge in [0.05, 0.1) is 11.8 Å². The van der Waals surface area contributed by atoms with Crippen LogP contribution >= 0.6 is 11.8 Å². The van der Waals surface area contributed by atoms with E-state index in [1.54, 1.807) is 11.8 Å². The van der Waals surface area contributed by atoms with Crippen molar-refractivity contribution in [1.29, 1.82) is 0 Å². The number of aromatic amines is 1. The number of nitrogens with two attached hydrogens (primary N) is 1. The number of H-pyrrole nitrogens is 1. The summed E-state index contributed by atoms with van der Waals surface area (Å²) in [4.78, 5) is 4.40. The lowest BCUT2D eigenvalue weighted by Gasteiger charge is -2.11. The number of benzene rings is 1. The standard InChI is InChI=1S/C16H21N7S/c1-3-13-18-14(20-19-13)10-24-16-22-21-15(23(16)2)12(17)9-11-7-5-4-6-8-11/h4-8,12H,3,9-10,17H2,1-2H3,(H,18,19,20)/t12-/m1/s1. The van der Waals surface area contributed by atoms with Crippen LogP contribution in [0.4, 0.5) is 0 Å². The molecule has 3 N–H and O–H groups in total. The van der Waals surface area contributed by atoms with Crippen LogP contribution in [0.1, 0.15) is 36.0 Å². The fourth-order valence-corrected chi connectivity index (χ4v) is 3.21. The van der Waals surface area contributed by atoms with E-state index in [0.29, 0.717) is 5.75 Å². The number of aromatic nitrogens is 6. The van der Waals surface area contributed by atoms with E-state index in [9.17, 15) is 0 Å². The largest absolute Gasteiger partial charge is 0.321 e. The van der Waals surface area contributed by atoms with Crippen molar-refractivity contribution in [3.63, 3.8) is 0 Å². The Morgan fingerprint density at radius 2 is 2.04 bits per heavy atom. The van der Waals surface area contributed by atoms with Crippen molar-refractivity contribution in [3.05, 3.63) is 53.4 Å². The topological polar surface area (TPSA) is 98.3 Å². The van der Waals surface area contributed by atoms with Crippen molar-refractivity contribution in [2.24, 2.45) is 12.8 Å². The molecule has 1 atom stereocenters. The second-order valence-electron chi connectivity index (χ2n) is 5.54. The molecule has 0 spiro atoms. The Kier molecular flexibility index (Phi) is 5.27. The summed E-state index contributed by atoms with van der Waals surface area (Å²) < 4.78 is 1.95. The van der Waals surface area contributed by atoms with Gasteiger partial charge in [-0.25, -0.2) is 4.98 Å². The normalized spacial score (nSPS) is 12.5. The number of rotatable bonds is 7. The summed E-state index contributed by atoms with van der Waals surface area (Å²) in [7, 11) is 1.94. The molecule has 2 heterocycles. The molecule has 0 fully saturated rings. The Bertz CT molecular complexity index is 781. The number of nitrogens with one attached hydrogen (secondary N) is 1. The van der Waals surface area contributed by atoms with Crippen molar-refractivity contribution in [3.8, 4) is 0 Å². The fourth-order valence-electron chi connectivity index (χ4n) is 2.42. The minimum Gasteiger partial charge on any atom is -0.321 e. The highest BCUT2D eigenvalue weighted by atomic mass is 32.2. The van der Waals surface area contributed by atoms with Gasteiger partial charge in [-0.3, -0.25) is 5.10 Å². The van der Waals surface area contributed by atoms with Crippen molar-refractivity contribution >= 4 is 11.8 Å². The minimum atomic E-state index is -0.184. The van der Waals surface area contributed by atoms with Crippen LogP contribution in [0.5, 0.6) is 0 Å². The third-order valence-electron chi connectivity index (χ3n) is 3.73. The fraction of sp³-hybridized carbons (Fsp3) is 0.375. The third-order valence-corrected chi connectivity index (χ3v) is 4.76. The smallest absolute Gasteiger partial charge is 0.191 e. The van der Waals surface area contributed by atoms with E-state index in [2.05, 4.69) is 37.5 Å². The predicted octanol–water partition coefficient (Wildman–Crippen LogP) is 2.03. The van der Waals surface area contributed by atoms with Gasteiger partial charge in [-0.2, -0.15) is 5.10 Å². The molecule has 0 unspecified atom stereocenters. The maximum absolute atomic E-state index is 6.31. The van der Waals surface area contributed by atoms with Crippen LogP contribution in [0.2, 0.25) is 0 Å². The first-order chi connectivity index (χ1) is 11.7. The van der Waals surface area contributed by atoms with E-state index < -0.39 is 0 Å². The zero-order valence-corrected chi connectivity index (χ0v) is 14.6. The first-order valence-electron chi connectivity index (χ1n) is 7.89. The van der Waals surface area contributed by atoms with Crippen LogP contribution in [-0.2, 0) is 25.6 Å². The summed E-state index contributed by atoms with van der Waals surface area (Å²) in [6.45, 7) is 2.03. The summed E-state index contributed by atoms with van der Waals surface area (Å²) in [6.07, 6.45) is 1.56. The van der Waals surface area contributed by atoms with Gasteiger partial charge in [0.15, 0.2) is 11.0 Å². The monoisotopic (exact) mass is 343 g/mol. The predicted molar refractivity (Wildman–Crippen MR) is 93.4 cm³/mol. The van der Waals surface area contributed by atoms with Gasteiger partial charge in [0.2, 0.25) is 0 Å². The second-order valence-corrected chi connectivity index (χ2v) is 6.48. The first-order valence-corrected chi connectivity index (χ1v) is 8.87. The molecule has 0 saturated heterocycles. The second kappa shape index (κ2) is 7.59. The van der Waals surface area contributed by atoms with Gasteiger partial charge in [-0.15, -0.1) is 10.2 Å². The third kappa shape index (κ3) is 3.82. The van der Waals surface area contributed by atoms with Crippen LogP contribution in [0.25, 0.3) is 0 Å². The molecule has 8 heteroatoms. The first kappa shape index (κ1) is 16.7. The molecule has 3 aromatic rings. The van der Waals surface area contributed by atoms with Gasteiger partial charge in [-0.1, -0.05) is 49.0 Å². The molecule has 0 aliphatic heterocycles. The van der Waals surface area contributed by atoms with Crippen LogP contribution < -0.4 is 5.73 Å². The highest BCUT2D eigenvalue weighted by Gasteiger charge is 2.17. The van der Waals surface area contributed by atoms with E-state index in [4.69, 9.17) is 5.73 Å². The van der Waals surface area contributed by atoms with Gasteiger partial charge < -0.3 is 10.3 Å². The molecule has 0 bridgehead atoms. The Morgan fingerprint density at radius 3 is 2.75 bits per heavy atom. The van der Waals surface area contributed by atoms with E-state index in [1.165, 1.54) is 5.56 Å². The summed E-state index contributed by atoms with van der Waals surface area (Å²) in [5.41, 5.74) is 7.50. The molecule has 2 aromatic heterocycles. The maximum Gasteiger partial charge on any atom is 0.191 e. The summed E-state index contributed by atoms with van der Waals surface area (Å²) in [5.74, 6) is 3.13. The summed E-state index contributed by atoms with van der Waals surface area (Å²) in [5, 5.41) is 16.4. The molecule has 0 aliphatic carbocycles. The lowest BCUT2D eigenvalue weighted by atomic mass is 10.1. The molecule has 24 heavy (non-hydrogen) atoms. The van der Waals surface area contributed by atoms with Gasteiger partial charge in [-0.05, 0) is 12.0 Å². The van der Waals surface area contributed by atoms with Crippen LogP contribution in [0.15, 0.2) is 35.5 Å². The van der Waals surface area contributed by atoms with Crippen LogP contribution in [0, 0.1) is 0 Å². The molecule has 0 amide bonds. The Morgan fingerprint density at radius 1 is 1.25 bits per heavy atom. The lowest BCUT2D eigenvalue weighted by Crippen LogP contribution is -2.18. The number of hydrogen-bond donors (Lipinski definition) is 2. The van der Waals surface area contributed by atoms with Gasteiger partial charge >= 0.3 is 0 Å². The highest BCUT2D eigenvalue weighted by molar-refractivity contribution is 7.98. The number of hydrogen-bond acceptors (Lipinski definition) is 6. The van der Waals surface area contributed by atoms with Crippen molar-refractivity contribution in [2.75, 3.05) is 0 Å². The highest BCUT2D eigenvalue weighted by Crippen LogP contribution is 2.22. The molecular formula is C16H21N7S. The van der Waals surface area contributed by atoms with E-state index in [1.807, 2.05) is 36.7 Å². The van der Waals surface area contributed by atoms with Gasteiger partial charge in [0, 0.05) is 13.5 Å². The van der Waals surface area contributed by atoms with E-state index >= 15 is 0 Å². The van der Waals surface area contributed by atoms with E-state index in [0.717, 1.165) is 35.5 Å². The van der Waals surface area contributed by atoms with Crippen molar-refractivity contribution in [2.45, 2.75) is 36.7 Å². The lowest BCUT2D eigenvalue weighted by molar-refractivity contribution is 0.616. The average molecular weight is 343 g/mol. The summed E-state index contributed by atoms with van der Waals surface area (Å²) in [6, 6.07) is 9.99. The quantitative estimate of drug-likeness (QED) is 0.637. The number of thioether (sulfide) groups is 1. The van der Waals surface area contributed by atoms with Crippen molar-refractivity contribution in [1.82, 2.24) is 29.9 Å². The Balaban J connectivity index is 1.64. The molecule has 126 valence electrons.